The highest BCUT2D eigenvalue weighted by Gasteiger charge is 2.55. The number of anilines is 1. The third-order valence-corrected chi connectivity index (χ3v) is 10.0. The first-order chi connectivity index (χ1) is 23.9. The van der Waals surface area contributed by atoms with Gasteiger partial charge in [-0.15, -0.1) is 11.8 Å². The zero-order chi connectivity index (χ0) is 33.9. The van der Waals surface area contributed by atoms with E-state index in [1.165, 1.54) is 23.6 Å². The zero-order valence-corrected chi connectivity index (χ0v) is 27.6. The number of nitrogens with zero attached hydrogens (tertiary/aromatic N) is 3. The summed E-state index contributed by atoms with van der Waals surface area (Å²) in [5.74, 6) is -1.92. The molecule has 0 bridgehead atoms. The number of para-hydroxylation sites is 1. The summed E-state index contributed by atoms with van der Waals surface area (Å²) in [6.45, 7) is 3.63. The number of benzene rings is 3. The van der Waals surface area contributed by atoms with Crippen LogP contribution in [0.15, 0.2) is 102 Å². The van der Waals surface area contributed by atoms with E-state index in [1.54, 1.807) is 6.07 Å². The number of esters is 2. The Morgan fingerprint density at radius 1 is 0.959 bits per heavy atom. The topological polar surface area (TPSA) is 127 Å². The molecular formula is C37H34N4O7S. The average Bonchev–Trinajstić information content (AvgIpc) is 3.15. The van der Waals surface area contributed by atoms with Crippen LogP contribution in [0.5, 0.6) is 0 Å². The van der Waals surface area contributed by atoms with Gasteiger partial charge in [0, 0.05) is 42.4 Å². The number of hydrogen-bond donors (Lipinski definition) is 1. The lowest BCUT2D eigenvalue weighted by Gasteiger charge is -2.49. The number of morpholine rings is 1. The van der Waals surface area contributed by atoms with E-state index in [0.29, 0.717) is 37.4 Å². The molecule has 4 aromatic rings. The van der Waals surface area contributed by atoms with Crippen LogP contribution in [0.25, 0.3) is 10.9 Å². The lowest BCUT2D eigenvalue weighted by molar-refractivity contribution is -0.154. The van der Waals surface area contributed by atoms with Crippen LogP contribution in [0.2, 0.25) is 0 Å². The van der Waals surface area contributed by atoms with Crippen molar-refractivity contribution < 1.29 is 33.4 Å². The first-order valence-electron chi connectivity index (χ1n) is 16.0. The lowest BCUT2D eigenvalue weighted by Crippen LogP contribution is -2.70. The Kier molecular flexibility index (Phi) is 9.32. The molecule has 0 aliphatic carbocycles. The van der Waals surface area contributed by atoms with Crippen molar-refractivity contribution in [1.29, 1.82) is 0 Å². The predicted molar refractivity (Wildman–Crippen MR) is 184 cm³/mol. The van der Waals surface area contributed by atoms with Crippen LogP contribution in [0.3, 0.4) is 0 Å². The van der Waals surface area contributed by atoms with Gasteiger partial charge in [-0.1, -0.05) is 78.9 Å². The van der Waals surface area contributed by atoms with E-state index in [-0.39, 0.29) is 23.8 Å². The zero-order valence-electron chi connectivity index (χ0n) is 26.7. The maximum Gasteiger partial charge on any atom is 0.356 e. The number of carbonyl (C=O) groups excluding carboxylic acids is 4. The molecule has 250 valence electrons. The van der Waals surface area contributed by atoms with Crippen molar-refractivity contribution in [3.8, 4) is 0 Å². The number of nitrogens with one attached hydrogen (secondary N) is 1. The fraction of sp³-hybridized carbons (Fsp3) is 0.270. The number of pyridine rings is 1. The monoisotopic (exact) mass is 678 g/mol. The molecule has 0 saturated carbocycles. The molecule has 12 heteroatoms. The third kappa shape index (κ3) is 6.61. The summed E-state index contributed by atoms with van der Waals surface area (Å²) in [7, 11) is 0. The normalized spacial score (nSPS) is 18.9. The SMILES string of the molecule is CC(=O)OCC1=C(C(=O)OC(c2ccccc2)c2ccccc2)N2C(=O)C(NC(=O)c3cc(N4CCOCC4)c4ccccc4n3)C2SC1. The molecule has 11 nitrogen and oxygen atoms in total. The van der Waals surface area contributed by atoms with Crippen molar-refractivity contribution >= 4 is 52.1 Å². The van der Waals surface area contributed by atoms with Gasteiger partial charge in [-0.3, -0.25) is 19.3 Å². The molecule has 2 fully saturated rings. The number of β-lactam (4-membered cyclic amide) rings is 1. The Morgan fingerprint density at radius 2 is 1.61 bits per heavy atom. The van der Waals surface area contributed by atoms with Crippen LogP contribution in [-0.2, 0) is 28.6 Å². The molecule has 2 atom stereocenters. The fourth-order valence-corrected chi connectivity index (χ4v) is 7.60. The van der Waals surface area contributed by atoms with Crippen molar-refractivity contribution in [3.05, 3.63) is 119 Å². The maximum absolute atomic E-state index is 14.1. The number of carbonyl (C=O) groups is 4. The van der Waals surface area contributed by atoms with Crippen LogP contribution in [0.4, 0.5) is 5.69 Å². The van der Waals surface area contributed by atoms with Gasteiger partial charge in [0.1, 0.15) is 29.4 Å². The Bertz CT molecular complexity index is 1890. The highest BCUT2D eigenvalue weighted by molar-refractivity contribution is 8.00. The van der Waals surface area contributed by atoms with Crippen LogP contribution >= 0.6 is 11.8 Å². The minimum absolute atomic E-state index is 0.0239. The molecule has 3 aromatic carbocycles. The molecule has 1 aromatic heterocycles. The number of fused-ring (bicyclic) bond motifs is 2. The molecule has 3 aliphatic rings. The summed E-state index contributed by atoms with van der Waals surface area (Å²) in [5.41, 5.74) is 3.71. The molecule has 2 unspecified atom stereocenters. The Labute approximate surface area is 287 Å². The van der Waals surface area contributed by atoms with Gasteiger partial charge in [0.05, 0.1) is 18.7 Å². The molecular weight excluding hydrogens is 644 g/mol. The predicted octanol–water partition coefficient (Wildman–Crippen LogP) is 4.23. The van der Waals surface area contributed by atoms with Gasteiger partial charge in [0.25, 0.3) is 11.8 Å². The lowest BCUT2D eigenvalue weighted by atomic mass is 10.0. The van der Waals surface area contributed by atoms with Crippen molar-refractivity contribution in [2.24, 2.45) is 0 Å². The second-order valence-corrected chi connectivity index (χ2v) is 12.9. The van der Waals surface area contributed by atoms with Crippen molar-refractivity contribution in [2.75, 3.05) is 43.6 Å². The summed E-state index contributed by atoms with van der Waals surface area (Å²) < 4.78 is 17.0. The van der Waals surface area contributed by atoms with Crippen molar-refractivity contribution in [1.82, 2.24) is 15.2 Å². The second-order valence-electron chi connectivity index (χ2n) is 11.8. The number of hydrogen-bond acceptors (Lipinski definition) is 10. The molecule has 0 spiro atoms. The molecule has 3 aliphatic heterocycles. The van der Waals surface area contributed by atoms with Gasteiger partial charge in [-0.05, 0) is 23.3 Å². The summed E-state index contributed by atoms with van der Waals surface area (Å²) in [5, 5.41) is 3.22. The molecule has 0 radical (unpaired) electrons. The summed E-state index contributed by atoms with van der Waals surface area (Å²) in [6.07, 6.45) is -0.753. The number of amides is 2. The van der Waals surface area contributed by atoms with Gasteiger partial charge < -0.3 is 24.4 Å². The standard InChI is InChI=1S/C37H34N4O7S/c1-23(42)47-21-26-22-49-36-31(39-34(43)29-20-30(40-16-18-46-19-17-40)27-14-8-9-15-28(27)38-29)35(44)41(36)32(26)37(45)48-33(24-10-4-2-5-11-24)25-12-6-3-7-13-25/h2-15,20,31,33,36H,16-19,21-22H2,1H3,(H,39,43). The highest BCUT2D eigenvalue weighted by Crippen LogP contribution is 2.42. The number of rotatable bonds is 9. The summed E-state index contributed by atoms with van der Waals surface area (Å²) in [6, 6.07) is 27.1. The molecule has 49 heavy (non-hydrogen) atoms. The van der Waals surface area contributed by atoms with Crippen LogP contribution in [-0.4, -0.2) is 83.7 Å². The van der Waals surface area contributed by atoms with E-state index < -0.39 is 41.3 Å². The van der Waals surface area contributed by atoms with Crippen molar-refractivity contribution in [2.45, 2.75) is 24.4 Å². The van der Waals surface area contributed by atoms with Gasteiger partial charge in [-0.2, -0.15) is 0 Å². The Morgan fingerprint density at radius 3 is 2.29 bits per heavy atom. The fourth-order valence-electron chi connectivity index (χ4n) is 6.27. The van der Waals surface area contributed by atoms with E-state index in [4.69, 9.17) is 14.2 Å². The summed E-state index contributed by atoms with van der Waals surface area (Å²) in [4.78, 5) is 61.5. The number of aromatic nitrogens is 1. The average molecular weight is 679 g/mol. The Hall–Kier alpha value is -5.20. The molecule has 4 heterocycles. The van der Waals surface area contributed by atoms with E-state index in [2.05, 4.69) is 15.2 Å². The van der Waals surface area contributed by atoms with Crippen molar-refractivity contribution in [3.63, 3.8) is 0 Å². The van der Waals surface area contributed by atoms with Crippen LogP contribution < -0.4 is 10.2 Å². The van der Waals surface area contributed by atoms with Crippen LogP contribution in [0, 0.1) is 0 Å². The molecule has 7 rings (SSSR count). The molecule has 1 N–H and O–H groups in total. The minimum Gasteiger partial charge on any atom is -0.461 e. The van der Waals surface area contributed by atoms with E-state index in [1.807, 2.05) is 84.9 Å². The van der Waals surface area contributed by atoms with Gasteiger partial charge in [0.15, 0.2) is 6.10 Å². The smallest absolute Gasteiger partial charge is 0.356 e. The van der Waals surface area contributed by atoms with E-state index in [9.17, 15) is 19.2 Å². The van der Waals surface area contributed by atoms with Gasteiger partial charge in [0.2, 0.25) is 0 Å². The molecule has 2 amide bonds. The summed E-state index contributed by atoms with van der Waals surface area (Å²) >= 11 is 1.37. The van der Waals surface area contributed by atoms with E-state index >= 15 is 0 Å². The van der Waals surface area contributed by atoms with Gasteiger partial charge >= 0.3 is 11.9 Å². The highest BCUT2D eigenvalue weighted by atomic mass is 32.2. The second kappa shape index (κ2) is 14.1. The first kappa shape index (κ1) is 32.4. The molecule has 2 saturated heterocycles. The van der Waals surface area contributed by atoms with Crippen LogP contribution in [0.1, 0.15) is 34.6 Å². The first-order valence-corrected chi connectivity index (χ1v) is 17.1. The van der Waals surface area contributed by atoms with E-state index in [0.717, 1.165) is 22.2 Å². The van der Waals surface area contributed by atoms with Gasteiger partial charge in [-0.25, -0.2) is 9.78 Å². The number of ether oxygens (including phenoxy) is 3. The third-order valence-electron chi connectivity index (χ3n) is 8.69. The largest absolute Gasteiger partial charge is 0.461 e. The number of thioether (sulfide) groups is 1. The quantitative estimate of drug-likeness (QED) is 0.203. The minimum atomic E-state index is -0.908. The maximum atomic E-state index is 14.1. The Balaban J connectivity index is 1.15.